The number of para-hydroxylation sites is 1. The average Bonchev–Trinajstić information content (AvgIpc) is 3.04. The fraction of sp³-hybridized carbons (Fsp3) is 0.118. The van der Waals surface area contributed by atoms with Crippen LogP contribution in [0.5, 0.6) is 0 Å². The van der Waals surface area contributed by atoms with E-state index in [0.717, 1.165) is 4.90 Å². The molecule has 0 aliphatic carbocycles. The van der Waals surface area contributed by atoms with Crippen molar-refractivity contribution in [1.82, 2.24) is 5.32 Å². The predicted molar refractivity (Wildman–Crippen MR) is 180 cm³/mol. The minimum atomic E-state index is -0.586. The minimum absolute atomic E-state index is 0.0405. The van der Waals surface area contributed by atoms with Gasteiger partial charge >= 0.3 is 5.97 Å². The monoisotopic (exact) mass is 661 g/mol. The fourth-order valence-electron chi connectivity index (χ4n) is 4.14. The fourth-order valence-corrected chi connectivity index (χ4v) is 5.62. The summed E-state index contributed by atoms with van der Waals surface area (Å²) in [5.74, 6) is -1.91. The SMILES string of the molecule is CCC(Sc1cccc(NC(=O)/C(=C\c2ccc(Cl)cc2Cl)NC(=O)c2ccccc2)c1)C(=O)Nc1ccccc1C(=O)OC. The van der Waals surface area contributed by atoms with E-state index in [4.69, 9.17) is 27.9 Å². The van der Waals surface area contributed by atoms with Crippen LogP contribution in [0.3, 0.4) is 0 Å². The third-order valence-corrected chi connectivity index (χ3v) is 8.34. The van der Waals surface area contributed by atoms with E-state index in [1.807, 2.05) is 13.0 Å². The van der Waals surface area contributed by atoms with Crippen molar-refractivity contribution in [3.8, 4) is 0 Å². The Morgan fingerprint density at radius 2 is 1.60 bits per heavy atom. The first kappa shape index (κ1) is 33.3. The van der Waals surface area contributed by atoms with E-state index in [1.165, 1.54) is 24.9 Å². The smallest absolute Gasteiger partial charge is 0.339 e. The van der Waals surface area contributed by atoms with Gasteiger partial charge in [-0.3, -0.25) is 14.4 Å². The maximum absolute atomic E-state index is 13.5. The standard InChI is InChI=1S/C34H29Cl2N3O5S/c1-3-30(33(42)38-28-15-8-7-14-26(28)34(43)44-2)45-25-13-9-12-24(20-25)37-32(41)29(18-22-16-17-23(35)19-27(22)36)39-31(40)21-10-5-4-6-11-21/h4-20,30H,3H2,1-2H3,(H,37,41)(H,38,42)(H,39,40)/b29-18+. The van der Waals surface area contributed by atoms with Gasteiger partial charge < -0.3 is 20.7 Å². The summed E-state index contributed by atoms with van der Waals surface area (Å²) >= 11 is 13.7. The van der Waals surface area contributed by atoms with E-state index in [0.29, 0.717) is 39.0 Å². The molecule has 0 radical (unpaired) electrons. The largest absolute Gasteiger partial charge is 0.465 e. The molecular weight excluding hydrogens is 633 g/mol. The molecule has 3 N–H and O–H groups in total. The number of amides is 3. The van der Waals surface area contributed by atoms with Gasteiger partial charge in [0.2, 0.25) is 5.91 Å². The van der Waals surface area contributed by atoms with Crippen LogP contribution in [-0.2, 0) is 14.3 Å². The molecule has 1 atom stereocenters. The van der Waals surface area contributed by atoms with Crippen molar-refractivity contribution in [2.45, 2.75) is 23.5 Å². The van der Waals surface area contributed by atoms with Gasteiger partial charge in [-0.1, -0.05) is 72.6 Å². The highest BCUT2D eigenvalue weighted by atomic mass is 35.5. The molecule has 4 aromatic rings. The molecule has 0 saturated carbocycles. The Bertz CT molecular complexity index is 1750. The summed E-state index contributed by atoms with van der Waals surface area (Å²) in [7, 11) is 1.28. The molecule has 11 heteroatoms. The molecule has 0 heterocycles. The molecule has 4 aromatic carbocycles. The zero-order chi connectivity index (χ0) is 32.3. The molecule has 4 rings (SSSR count). The number of halogens is 2. The molecular formula is C34H29Cl2N3O5S. The zero-order valence-electron chi connectivity index (χ0n) is 24.3. The zero-order valence-corrected chi connectivity index (χ0v) is 26.6. The topological polar surface area (TPSA) is 114 Å². The van der Waals surface area contributed by atoms with Crippen LogP contribution in [0.2, 0.25) is 10.0 Å². The van der Waals surface area contributed by atoms with Crippen LogP contribution >= 0.6 is 35.0 Å². The first-order valence-corrected chi connectivity index (χ1v) is 15.4. The summed E-state index contributed by atoms with van der Waals surface area (Å²) in [5, 5.41) is 8.55. The van der Waals surface area contributed by atoms with Crippen LogP contribution in [0.25, 0.3) is 6.08 Å². The molecule has 8 nitrogen and oxygen atoms in total. The van der Waals surface area contributed by atoms with Crippen molar-refractivity contribution < 1.29 is 23.9 Å². The number of carbonyl (C=O) groups excluding carboxylic acids is 4. The lowest BCUT2D eigenvalue weighted by Crippen LogP contribution is -2.30. The van der Waals surface area contributed by atoms with Gasteiger partial charge in [-0.25, -0.2) is 4.79 Å². The van der Waals surface area contributed by atoms with Gasteiger partial charge in [0.05, 0.1) is 23.6 Å². The molecule has 0 aliphatic rings. The number of hydrogen-bond donors (Lipinski definition) is 3. The molecule has 0 saturated heterocycles. The van der Waals surface area contributed by atoms with Gasteiger partial charge in [0, 0.05) is 26.2 Å². The molecule has 0 fully saturated rings. The van der Waals surface area contributed by atoms with E-state index in [9.17, 15) is 19.2 Å². The summed E-state index contributed by atoms with van der Waals surface area (Å²) in [6.07, 6.45) is 1.96. The second-order valence-corrected chi connectivity index (χ2v) is 11.7. The third-order valence-electron chi connectivity index (χ3n) is 6.41. The first-order chi connectivity index (χ1) is 21.7. The molecule has 0 aliphatic heterocycles. The van der Waals surface area contributed by atoms with E-state index in [-0.39, 0.29) is 17.2 Å². The number of carbonyl (C=O) groups is 4. The van der Waals surface area contributed by atoms with Crippen molar-refractivity contribution >= 4 is 76.1 Å². The number of hydrogen-bond acceptors (Lipinski definition) is 6. The highest BCUT2D eigenvalue weighted by molar-refractivity contribution is 8.00. The summed E-state index contributed by atoms with van der Waals surface area (Å²) in [5.41, 5.74) is 1.86. The van der Waals surface area contributed by atoms with Gasteiger partial charge in [0.15, 0.2) is 0 Å². The number of nitrogens with one attached hydrogen (secondary N) is 3. The second kappa shape index (κ2) is 15.9. The van der Waals surface area contributed by atoms with E-state index < -0.39 is 23.0 Å². The molecule has 1 unspecified atom stereocenters. The number of esters is 1. The number of methoxy groups -OCH3 is 1. The lowest BCUT2D eigenvalue weighted by molar-refractivity contribution is -0.116. The van der Waals surface area contributed by atoms with Crippen molar-refractivity contribution in [3.63, 3.8) is 0 Å². The molecule has 3 amide bonds. The summed E-state index contributed by atoms with van der Waals surface area (Å²) < 4.78 is 4.82. The summed E-state index contributed by atoms with van der Waals surface area (Å²) in [6.45, 7) is 1.88. The quantitative estimate of drug-likeness (QED) is 0.0862. The number of benzene rings is 4. The highest BCUT2D eigenvalue weighted by Gasteiger charge is 2.22. The van der Waals surface area contributed by atoms with Crippen LogP contribution in [0.4, 0.5) is 11.4 Å². The molecule has 0 bridgehead atoms. The number of anilines is 2. The predicted octanol–water partition coefficient (Wildman–Crippen LogP) is 7.70. The van der Waals surface area contributed by atoms with Crippen LogP contribution < -0.4 is 16.0 Å². The summed E-state index contributed by atoms with van der Waals surface area (Å²) in [6, 6.07) is 26.9. The third kappa shape index (κ3) is 9.21. The Morgan fingerprint density at radius 3 is 2.31 bits per heavy atom. The highest BCUT2D eigenvalue weighted by Crippen LogP contribution is 2.30. The Labute approximate surface area is 275 Å². The van der Waals surface area contributed by atoms with Crippen molar-refractivity contribution in [2.75, 3.05) is 17.7 Å². The minimum Gasteiger partial charge on any atom is -0.465 e. The Kier molecular flexibility index (Phi) is 11.8. The van der Waals surface area contributed by atoms with Crippen LogP contribution in [0.15, 0.2) is 108 Å². The van der Waals surface area contributed by atoms with Crippen molar-refractivity contribution in [3.05, 3.63) is 129 Å². The molecule has 0 aromatic heterocycles. The van der Waals surface area contributed by atoms with E-state index in [2.05, 4.69) is 16.0 Å². The maximum Gasteiger partial charge on any atom is 0.339 e. The average molecular weight is 663 g/mol. The number of ether oxygens (including phenoxy) is 1. The normalized spacial score (nSPS) is 11.7. The lowest BCUT2D eigenvalue weighted by atomic mass is 10.1. The maximum atomic E-state index is 13.5. The Hall–Kier alpha value is -4.57. The van der Waals surface area contributed by atoms with Crippen LogP contribution in [0, 0.1) is 0 Å². The van der Waals surface area contributed by atoms with Crippen molar-refractivity contribution in [2.24, 2.45) is 0 Å². The Balaban J connectivity index is 1.52. The van der Waals surface area contributed by atoms with Gasteiger partial charge in [0.1, 0.15) is 5.70 Å². The first-order valence-electron chi connectivity index (χ1n) is 13.8. The number of thioether (sulfide) groups is 1. The van der Waals surface area contributed by atoms with Gasteiger partial charge in [0.25, 0.3) is 11.8 Å². The van der Waals surface area contributed by atoms with Gasteiger partial charge in [-0.05, 0) is 72.7 Å². The molecule has 45 heavy (non-hydrogen) atoms. The van der Waals surface area contributed by atoms with Crippen LogP contribution in [-0.4, -0.2) is 36.1 Å². The van der Waals surface area contributed by atoms with E-state index in [1.54, 1.807) is 91.0 Å². The van der Waals surface area contributed by atoms with Gasteiger partial charge in [-0.15, -0.1) is 11.8 Å². The van der Waals surface area contributed by atoms with E-state index >= 15 is 0 Å². The molecule has 0 spiro atoms. The second-order valence-electron chi connectivity index (χ2n) is 9.57. The lowest BCUT2D eigenvalue weighted by Gasteiger charge is -2.17. The molecule has 230 valence electrons. The van der Waals surface area contributed by atoms with Crippen molar-refractivity contribution in [1.29, 1.82) is 0 Å². The number of rotatable bonds is 11. The van der Waals surface area contributed by atoms with Gasteiger partial charge in [-0.2, -0.15) is 0 Å². The Morgan fingerprint density at radius 1 is 0.867 bits per heavy atom. The summed E-state index contributed by atoms with van der Waals surface area (Å²) in [4.78, 5) is 52.5. The van der Waals surface area contributed by atoms with Crippen LogP contribution in [0.1, 0.15) is 39.6 Å².